The molecule has 1 aromatic carbocycles. The van der Waals surface area contributed by atoms with Crippen molar-refractivity contribution in [1.82, 2.24) is 15.0 Å². The molecule has 3 aromatic rings. The summed E-state index contributed by atoms with van der Waals surface area (Å²) >= 11 is 0. The van der Waals surface area contributed by atoms with Crippen molar-refractivity contribution in [3.05, 3.63) is 60.6 Å². The summed E-state index contributed by atoms with van der Waals surface area (Å²) in [6, 6.07) is 8.97. The van der Waals surface area contributed by atoms with Crippen LogP contribution >= 0.6 is 0 Å². The Hall–Kier alpha value is -3.41. The Morgan fingerprint density at radius 3 is 2.70 bits per heavy atom. The molecule has 156 valence electrons. The van der Waals surface area contributed by atoms with Gasteiger partial charge in [-0.25, -0.2) is 24.0 Å². The zero-order valence-corrected chi connectivity index (χ0v) is 16.0. The fourth-order valence-corrected chi connectivity index (χ4v) is 4.03. The number of rotatable bonds is 4. The van der Waals surface area contributed by atoms with Crippen LogP contribution in [0.5, 0.6) is 5.75 Å². The van der Waals surface area contributed by atoms with Crippen LogP contribution in [0.1, 0.15) is 5.56 Å². The van der Waals surface area contributed by atoms with Gasteiger partial charge in [-0.1, -0.05) is 12.1 Å². The van der Waals surface area contributed by atoms with Crippen molar-refractivity contribution in [2.75, 3.05) is 22.2 Å². The first-order valence-electron chi connectivity index (χ1n) is 8.62. The van der Waals surface area contributed by atoms with Gasteiger partial charge in [0.05, 0.1) is 17.8 Å². The third kappa shape index (κ3) is 3.99. The van der Waals surface area contributed by atoms with E-state index in [0.29, 0.717) is 0 Å². The Kier molecular flexibility index (Phi) is 4.94. The van der Waals surface area contributed by atoms with Crippen LogP contribution in [-0.4, -0.2) is 36.5 Å². The van der Waals surface area contributed by atoms with E-state index in [1.807, 2.05) is 0 Å². The molecule has 0 bridgehead atoms. The van der Waals surface area contributed by atoms with E-state index in [1.165, 1.54) is 42.9 Å². The van der Waals surface area contributed by atoms with Crippen LogP contribution in [0.15, 0.2) is 55.0 Å². The minimum absolute atomic E-state index is 0.0299. The van der Waals surface area contributed by atoms with E-state index in [2.05, 4.69) is 19.7 Å². The molecule has 0 unspecified atom stereocenters. The Bertz CT molecular complexity index is 1170. The van der Waals surface area contributed by atoms with Gasteiger partial charge in [0, 0.05) is 11.8 Å². The second-order valence-electron chi connectivity index (χ2n) is 6.22. The Morgan fingerprint density at radius 2 is 1.97 bits per heavy atom. The van der Waals surface area contributed by atoms with Crippen molar-refractivity contribution in [2.45, 2.75) is 6.18 Å². The average Bonchev–Trinajstić information content (AvgIpc) is 2.73. The molecule has 2 aromatic heterocycles. The molecule has 4 rings (SSSR count). The van der Waals surface area contributed by atoms with Crippen LogP contribution in [0.25, 0.3) is 11.3 Å². The van der Waals surface area contributed by atoms with Gasteiger partial charge in [0.25, 0.3) is 0 Å². The van der Waals surface area contributed by atoms with Crippen molar-refractivity contribution >= 4 is 21.8 Å². The smallest absolute Gasteiger partial charge is 0.416 e. The predicted molar refractivity (Wildman–Crippen MR) is 102 cm³/mol. The van der Waals surface area contributed by atoms with Gasteiger partial charge in [0.2, 0.25) is 0 Å². The fourth-order valence-electron chi connectivity index (χ4n) is 2.86. The number of nitrogens with zero attached hydrogens (tertiary/aromatic N) is 4. The summed E-state index contributed by atoms with van der Waals surface area (Å²) in [6.45, 7) is 0.0503. The molecule has 1 aliphatic rings. The number of hydrogen-bond acceptors (Lipinski definition) is 6. The van der Waals surface area contributed by atoms with Crippen LogP contribution in [0.3, 0.4) is 0 Å². The zero-order chi connectivity index (χ0) is 21.4. The lowest BCUT2D eigenvalue weighted by atomic mass is 10.1. The zero-order valence-electron chi connectivity index (χ0n) is 15.2. The molecule has 0 aliphatic carbocycles. The second-order valence-corrected chi connectivity index (χ2v) is 7.81. The third-order valence-corrected chi connectivity index (χ3v) is 5.62. The van der Waals surface area contributed by atoms with Gasteiger partial charge in [-0.2, -0.15) is 21.6 Å². The lowest BCUT2D eigenvalue weighted by Gasteiger charge is -2.29. The molecule has 0 spiro atoms. The van der Waals surface area contributed by atoms with E-state index in [1.54, 1.807) is 0 Å². The van der Waals surface area contributed by atoms with Gasteiger partial charge in [0.15, 0.2) is 11.6 Å². The monoisotopic (exact) mass is 437 g/mol. The molecular weight excluding hydrogens is 423 g/mol. The molecule has 0 saturated carbocycles. The number of anilines is 2. The molecule has 0 atom stereocenters. The van der Waals surface area contributed by atoms with Crippen molar-refractivity contribution in [3.63, 3.8) is 0 Å². The normalized spacial score (nSPS) is 14.0. The fraction of sp³-hybridized carbons (Fsp3) is 0.167. The van der Waals surface area contributed by atoms with Gasteiger partial charge in [-0.15, -0.1) is 0 Å². The van der Waals surface area contributed by atoms with Gasteiger partial charge >= 0.3 is 16.4 Å². The number of benzene rings is 1. The van der Waals surface area contributed by atoms with Gasteiger partial charge in [-0.05, 0) is 30.3 Å². The highest BCUT2D eigenvalue weighted by Gasteiger charge is 2.32. The molecule has 0 fully saturated rings. The van der Waals surface area contributed by atoms with Crippen LogP contribution in [0.2, 0.25) is 0 Å². The summed E-state index contributed by atoms with van der Waals surface area (Å²) in [6.07, 6.45) is -1.94. The highest BCUT2D eigenvalue weighted by atomic mass is 32.2. The number of aromatic nitrogens is 3. The molecule has 3 heterocycles. The minimum atomic E-state index is -4.51. The number of ether oxygens (including phenoxy) is 1. The van der Waals surface area contributed by atoms with Crippen molar-refractivity contribution in [2.24, 2.45) is 0 Å². The molecule has 30 heavy (non-hydrogen) atoms. The summed E-state index contributed by atoms with van der Waals surface area (Å²) < 4.78 is 73.6. The molecule has 8 nitrogen and oxygen atoms in total. The molecule has 1 N–H and O–H groups in total. The highest BCUT2D eigenvalue weighted by molar-refractivity contribution is 7.94. The quantitative estimate of drug-likeness (QED) is 0.674. The van der Waals surface area contributed by atoms with E-state index in [4.69, 9.17) is 4.74 Å². The largest absolute Gasteiger partial charge is 0.488 e. The van der Waals surface area contributed by atoms with Crippen LogP contribution in [0.4, 0.5) is 24.8 Å². The number of hydrogen-bond donors (Lipinski definition) is 1. The van der Waals surface area contributed by atoms with Crippen molar-refractivity contribution < 1.29 is 26.3 Å². The van der Waals surface area contributed by atoms with Crippen molar-refractivity contribution in [3.8, 4) is 17.0 Å². The van der Waals surface area contributed by atoms with E-state index >= 15 is 0 Å². The lowest BCUT2D eigenvalue weighted by Crippen LogP contribution is -2.42. The number of pyridine rings is 1. The lowest BCUT2D eigenvalue weighted by molar-refractivity contribution is -0.137. The first-order chi connectivity index (χ1) is 14.2. The molecular formula is C18H14F3N5O3S. The first kappa shape index (κ1) is 19.9. The standard InChI is InChI=1S/C18H14F3N5O3S/c19-18(20,21)13-3-1-2-12(10-13)14-4-5-15-17(24-14)26(8-9-29-15)30(27,28)25-16-6-7-22-11-23-16/h1-7,10-11H,8-9H2,(H,22,23,25). The first-order valence-corrected chi connectivity index (χ1v) is 10.1. The highest BCUT2D eigenvalue weighted by Crippen LogP contribution is 2.36. The number of halogens is 3. The van der Waals surface area contributed by atoms with Crippen molar-refractivity contribution in [1.29, 1.82) is 0 Å². The third-order valence-electron chi connectivity index (χ3n) is 4.22. The molecule has 0 saturated heterocycles. The number of fused-ring (bicyclic) bond motifs is 1. The molecule has 0 amide bonds. The molecule has 0 radical (unpaired) electrons. The SMILES string of the molecule is O=S(=O)(Nc1ccncn1)N1CCOc2ccc(-c3cccc(C(F)(F)F)c3)nc21. The maximum absolute atomic E-state index is 13.0. The second kappa shape index (κ2) is 7.44. The maximum atomic E-state index is 13.0. The molecule has 1 aliphatic heterocycles. The number of nitrogens with one attached hydrogen (secondary N) is 1. The summed E-state index contributed by atoms with van der Waals surface area (Å²) in [5.41, 5.74) is -0.461. The molecule has 12 heteroatoms. The van der Waals surface area contributed by atoms with Gasteiger partial charge < -0.3 is 4.74 Å². The minimum Gasteiger partial charge on any atom is -0.488 e. The van der Waals surface area contributed by atoms with Crippen LogP contribution < -0.4 is 13.8 Å². The van der Waals surface area contributed by atoms with E-state index in [-0.39, 0.29) is 41.8 Å². The summed E-state index contributed by atoms with van der Waals surface area (Å²) in [4.78, 5) is 11.8. The van der Waals surface area contributed by atoms with E-state index in [9.17, 15) is 21.6 Å². The van der Waals surface area contributed by atoms with Gasteiger partial charge in [-0.3, -0.25) is 0 Å². The number of alkyl halides is 3. The maximum Gasteiger partial charge on any atom is 0.416 e. The van der Waals surface area contributed by atoms with Crippen LogP contribution in [-0.2, 0) is 16.4 Å². The Labute approximate surface area is 169 Å². The predicted octanol–water partition coefficient (Wildman–Crippen LogP) is 3.11. The van der Waals surface area contributed by atoms with Crippen LogP contribution in [0, 0.1) is 0 Å². The summed E-state index contributed by atoms with van der Waals surface area (Å²) in [5.74, 6) is 0.231. The van der Waals surface area contributed by atoms with E-state index < -0.39 is 21.9 Å². The summed E-state index contributed by atoms with van der Waals surface area (Å²) in [5, 5.41) is 0. The summed E-state index contributed by atoms with van der Waals surface area (Å²) in [7, 11) is -4.11. The van der Waals surface area contributed by atoms with E-state index in [0.717, 1.165) is 16.4 Å². The average molecular weight is 437 g/mol. The Morgan fingerprint density at radius 1 is 1.13 bits per heavy atom. The van der Waals surface area contributed by atoms with Gasteiger partial charge in [0.1, 0.15) is 18.8 Å². The Balaban J connectivity index is 1.72. The topological polar surface area (TPSA) is 97.3 Å².